The van der Waals surface area contributed by atoms with Crippen LogP contribution in [-0.2, 0) is 6.42 Å². The minimum atomic E-state index is -0.182. The number of ether oxygens (including phenoxy) is 1. The van der Waals surface area contributed by atoms with Crippen LogP contribution in [0.15, 0.2) is 18.2 Å². The van der Waals surface area contributed by atoms with Gasteiger partial charge in [-0.15, -0.1) is 0 Å². The number of rotatable bonds is 6. The maximum Gasteiger partial charge on any atom is 0.122 e. The number of aliphatic hydroxyl groups excluding tert-OH is 1. The summed E-state index contributed by atoms with van der Waals surface area (Å²) in [6.45, 7) is 5.83. The molecule has 0 saturated carbocycles. The van der Waals surface area contributed by atoms with Gasteiger partial charge in [0.15, 0.2) is 0 Å². The quantitative estimate of drug-likeness (QED) is 0.813. The van der Waals surface area contributed by atoms with Crippen molar-refractivity contribution < 1.29 is 9.84 Å². The summed E-state index contributed by atoms with van der Waals surface area (Å²) in [5, 5.41) is 13.0. The summed E-state index contributed by atoms with van der Waals surface area (Å²) in [4.78, 5) is 0. The summed E-state index contributed by atoms with van der Waals surface area (Å²) >= 11 is 0. The van der Waals surface area contributed by atoms with Crippen LogP contribution < -0.4 is 10.1 Å². The van der Waals surface area contributed by atoms with E-state index in [1.165, 1.54) is 11.1 Å². The minimum absolute atomic E-state index is 0.182. The summed E-state index contributed by atoms with van der Waals surface area (Å²) in [7, 11) is 0. The lowest BCUT2D eigenvalue weighted by atomic mass is 10.0. The second-order valence-electron chi connectivity index (χ2n) is 4.99. The van der Waals surface area contributed by atoms with Crippen molar-refractivity contribution in [3.05, 3.63) is 29.3 Å². The smallest absolute Gasteiger partial charge is 0.122 e. The summed E-state index contributed by atoms with van der Waals surface area (Å²) in [5.74, 6) is 1.03. The highest BCUT2D eigenvalue weighted by molar-refractivity contribution is 5.40. The van der Waals surface area contributed by atoms with Gasteiger partial charge >= 0.3 is 0 Å². The van der Waals surface area contributed by atoms with Gasteiger partial charge in [-0.3, -0.25) is 0 Å². The van der Waals surface area contributed by atoms with Crippen molar-refractivity contribution in [2.24, 2.45) is 0 Å². The standard InChI is InChI=1S/C15H23NO2/c1-3-14(17)6-8-16-11(2)12-4-5-15-13(10-12)7-9-18-15/h4-5,10-11,14,16-17H,3,6-9H2,1-2H3. The van der Waals surface area contributed by atoms with Crippen LogP contribution in [0.1, 0.15) is 43.9 Å². The van der Waals surface area contributed by atoms with E-state index in [2.05, 4.69) is 30.4 Å². The molecule has 0 spiro atoms. The van der Waals surface area contributed by atoms with Crippen LogP contribution in [0, 0.1) is 0 Å². The average molecular weight is 249 g/mol. The molecule has 0 aromatic heterocycles. The second-order valence-corrected chi connectivity index (χ2v) is 4.99. The van der Waals surface area contributed by atoms with Gasteiger partial charge in [-0.2, -0.15) is 0 Å². The maximum atomic E-state index is 9.51. The molecule has 2 N–H and O–H groups in total. The lowest BCUT2D eigenvalue weighted by Gasteiger charge is -2.16. The summed E-state index contributed by atoms with van der Waals surface area (Å²) < 4.78 is 5.51. The predicted octanol–water partition coefficient (Wildman–Crippen LogP) is 2.43. The Hall–Kier alpha value is -1.06. The molecule has 0 amide bonds. The zero-order valence-corrected chi connectivity index (χ0v) is 11.3. The van der Waals surface area contributed by atoms with Crippen molar-refractivity contribution in [2.75, 3.05) is 13.2 Å². The molecule has 1 aromatic rings. The summed E-state index contributed by atoms with van der Waals surface area (Å²) in [6.07, 6.45) is 2.48. The van der Waals surface area contributed by atoms with Gasteiger partial charge in [-0.1, -0.05) is 19.1 Å². The molecule has 0 fully saturated rings. The van der Waals surface area contributed by atoms with E-state index >= 15 is 0 Å². The third-order valence-corrected chi connectivity index (χ3v) is 3.61. The zero-order chi connectivity index (χ0) is 13.0. The van der Waals surface area contributed by atoms with Gasteiger partial charge in [0, 0.05) is 12.5 Å². The van der Waals surface area contributed by atoms with E-state index in [0.29, 0.717) is 6.04 Å². The Labute approximate surface area is 109 Å². The van der Waals surface area contributed by atoms with Gasteiger partial charge in [0.2, 0.25) is 0 Å². The number of fused-ring (bicyclic) bond motifs is 1. The van der Waals surface area contributed by atoms with Crippen LogP contribution in [0.4, 0.5) is 0 Å². The number of hydrogen-bond donors (Lipinski definition) is 2. The van der Waals surface area contributed by atoms with Gasteiger partial charge < -0.3 is 15.2 Å². The second kappa shape index (κ2) is 6.21. The first-order valence-electron chi connectivity index (χ1n) is 6.87. The number of benzene rings is 1. The van der Waals surface area contributed by atoms with Crippen molar-refractivity contribution in [2.45, 2.75) is 45.3 Å². The molecule has 1 aliphatic heterocycles. The third-order valence-electron chi connectivity index (χ3n) is 3.61. The molecule has 100 valence electrons. The zero-order valence-electron chi connectivity index (χ0n) is 11.3. The molecule has 1 aliphatic rings. The van der Waals surface area contributed by atoms with Crippen molar-refractivity contribution in [1.29, 1.82) is 0 Å². The van der Waals surface area contributed by atoms with E-state index in [-0.39, 0.29) is 6.10 Å². The molecule has 3 nitrogen and oxygen atoms in total. The number of hydrogen-bond acceptors (Lipinski definition) is 3. The summed E-state index contributed by atoms with van der Waals surface area (Å²) in [5.41, 5.74) is 2.61. The molecule has 1 heterocycles. The van der Waals surface area contributed by atoms with Crippen LogP contribution in [0.2, 0.25) is 0 Å². The SMILES string of the molecule is CCC(O)CCNC(C)c1ccc2c(c1)CCO2. The Morgan fingerprint density at radius 3 is 3.06 bits per heavy atom. The van der Waals surface area contributed by atoms with Crippen LogP contribution in [0.5, 0.6) is 5.75 Å². The van der Waals surface area contributed by atoms with E-state index in [9.17, 15) is 5.11 Å². The van der Waals surface area contributed by atoms with Gasteiger partial charge in [0.1, 0.15) is 5.75 Å². The monoisotopic (exact) mass is 249 g/mol. The highest BCUT2D eigenvalue weighted by Crippen LogP contribution is 2.28. The fourth-order valence-electron chi connectivity index (χ4n) is 2.26. The first-order chi connectivity index (χ1) is 8.70. The van der Waals surface area contributed by atoms with E-state index in [0.717, 1.165) is 38.2 Å². The van der Waals surface area contributed by atoms with E-state index < -0.39 is 0 Å². The Morgan fingerprint density at radius 1 is 1.44 bits per heavy atom. The normalized spacial score (nSPS) is 17.1. The van der Waals surface area contributed by atoms with Crippen LogP contribution >= 0.6 is 0 Å². The summed E-state index contributed by atoms with van der Waals surface area (Å²) in [6, 6.07) is 6.74. The van der Waals surface area contributed by atoms with Gasteiger partial charge in [-0.25, -0.2) is 0 Å². The van der Waals surface area contributed by atoms with Gasteiger partial charge in [-0.05, 0) is 43.5 Å². The van der Waals surface area contributed by atoms with Crippen molar-refractivity contribution in [3.8, 4) is 5.75 Å². The topological polar surface area (TPSA) is 41.5 Å². The highest BCUT2D eigenvalue weighted by Gasteiger charge is 2.14. The first kappa shape index (κ1) is 13.4. The lowest BCUT2D eigenvalue weighted by molar-refractivity contribution is 0.159. The molecule has 2 unspecified atom stereocenters. The largest absolute Gasteiger partial charge is 0.493 e. The van der Waals surface area contributed by atoms with Crippen molar-refractivity contribution >= 4 is 0 Å². The third kappa shape index (κ3) is 3.24. The molecule has 0 radical (unpaired) electrons. The Kier molecular flexibility index (Phi) is 4.61. The molecule has 18 heavy (non-hydrogen) atoms. The molecule has 1 aromatic carbocycles. The fraction of sp³-hybridized carbons (Fsp3) is 0.600. The predicted molar refractivity (Wildman–Crippen MR) is 73.0 cm³/mol. The Bertz CT molecular complexity index is 392. The number of aliphatic hydroxyl groups is 1. The van der Waals surface area contributed by atoms with Crippen molar-refractivity contribution in [1.82, 2.24) is 5.32 Å². The molecule has 2 rings (SSSR count). The molecular weight excluding hydrogens is 226 g/mol. The molecule has 3 heteroatoms. The Balaban J connectivity index is 1.87. The fourth-order valence-corrected chi connectivity index (χ4v) is 2.26. The number of nitrogens with one attached hydrogen (secondary N) is 1. The highest BCUT2D eigenvalue weighted by atomic mass is 16.5. The Morgan fingerprint density at radius 2 is 2.28 bits per heavy atom. The lowest BCUT2D eigenvalue weighted by Crippen LogP contribution is -2.23. The van der Waals surface area contributed by atoms with Crippen LogP contribution in [0.3, 0.4) is 0 Å². The molecule has 0 bridgehead atoms. The van der Waals surface area contributed by atoms with E-state index in [1.807, 2.05) is 6.92 Å². The molecule has 0 saturated heterocycles. The van der Waals surface area contributed by atoms with E-state index in [4.69, 9.17) is 4.74 Å². The molecular formula is C15H23NO2. The van der Waals surface area contributed by atoms with Crippen LogP contribution in [-0.4, -0.2) is 24.4 Å². The molecule has 0 aliphatic carbocycles. The van der Waals surface area contributed by atoms with Crippen molar-refractivity contribution in [3.63, 3.8) is 0 Å². The molecule has 2 atom stereocenters. The van der Waals surface area contributed by atoms with Gasteiger partial charge in [0.25, 0.3) is 0 Å². The van der Waals surface area contributed by atoms with Gasteiger partial charge in [0.05, 0.1) is 12.7 Å². The maximum absolute atomic E-state index is 9.51. The first-order valence-corrected chi connectivity index (χ1v) is 6.87. The average Bonchev–Trinajstić information content (AvgIpc) is 2.85. The minimum Gasteiger partial charge on any atom is -0.493 e. The van der Waals surface area contributed by atoms with Crippen LogP contribution in [0.25, 0.3) is 0 Å². The van der Waals surface area contributed by atoms with E-state index in [1.54, 1.807) is 0 Å².